The third-order valence-corrected chi connectivity index (χ3v) is 2.29. The molecule has 0 saturated carbocycles. The summed E-state index contributed by atoms with van der Waals surface area (Å²) in [6.07, 6.45) is 0. The standard InChI is InChI=1S/C11H17N3O2/c1-9(7-12-2)8-13-10-3-5-11(6-4-10)14(15)16/h3-6,9,12-13H,7-8H2,1-2H3. The monoisotopic (exact) mass is 223 g/mol. The maximum absolute atomic E-state index is 10.4. The van der Waals surface area contributed by atoms with E-state index < -0.39 is 4.92 Å². The number of nitro groups is 1. The summed E-state index contributed by atoms with van der Waals surface area (Å²) in [7, 11) is 1.92. The lowest BCUT2D eigenvalue weighted by Crippen LogP contribution is -2.22. The number of nitrogens with one attached hydrogen (secondary N) is 2. The average Bonchev–Trinajstić information content (AvgIpc) is 2.27. The first-order chi connectivity index (χ1) is 7.63. The third kappa shape index (κ3) is 3.86. The predicted octanol–water partition coefficient (Wildman–Crippen LogP) is 1.86. The Kier molecular flexibility index (Phi) is 4.72. The molecule has 5 heteroatoms. The van der Waals surface area contributed by atoms with Gasteiger partial charge in [-0.1, -0.05) is 6.92 Å². The predicted molar refractivity (Wildman–Crippen MR) is 64.7 cm³/mol. The van der Waals surface area contributed by atoms with Crippen LogP contribution in [0.25, 0.3) is 0 Å². The van der Waals surface area contributed by atoms with Gasteiger partial charge in [0.2, 0.25) is 0 Å². The van der Waals surface area contributed by atoms with Crippen molar-refractivity contribution in [3.05, 3.63) is 34.4 Å². The number of hydrogen-bond donors (Lipinski definition) is 2. The van der Waals surface area contributed by atoms with Gasteiger partial charge >= 0.3 is 0 Å². The van der Waals surface area contributed by atoms with E-state index in [0.29, 0.717) is 5.92 Å². The van der Waals surface area contributed by atoms with E-state index in [1.807, 2.05) is 7.05 Å². The molecule has 0 heterocycles. The van der Waals surface area contributed by atoms with Gasteiger partial charge in [0.1, 0.15) is 0 Å². The van der Waals surface area contributed by atoms with Crippen molar-refractivity contribution in [1.29, 1.82) is 0 Å². The minimum atomic E-state index is -0.395. The molecule has 1 rings (SSSR count). The Labute approximate surface area is 95.0 Å². The molecule has 0 aliphatic heterocycles. The normalized spacial score (nSPS) is 12.1. The van der Waals surface area contributed by atoms with E-state index >= 15 is 0 Å². The highest BCUT2D eigenvalue weighted by Gasteiger charge is 2.04. The summed E-state index contributed by atoms with van der Waals surface area (Å²) in [6.45, 7) is 3.92. The number of rotatable bonds is 6. The molecular weight excluding hydrogens is 206 g/mol. The minimum Gasteiger partial charge on any atom is -0.385 e. The zero-order valence-corrected chi connectivity index (χ0v) is 9.56. The van der Waals surface area contributed by atoms with Gasteiger partial charge in [-0.15, -0.1) is 0 Å². The van der Waals surface area contributed by atoms with Crippen LogP contribution in [0.5, 0.6) is 0 Å². The molecule has 88 valence electrons. The molecule has 0 aliphatic rings. The third-order valence-electron chi connectivity index (χ3n) is 2.29. The number of benzene rings is 1. The fourth-order valence-electron chi connectivity index (χ4n) is 1.41. The van der Waals surface area contributed by atoms with Crippen molar-refractivity contribution >= 4 is 11.4 Å². The lowest BCUT2D eigenvalue weighted by atomic mass is 10.2. The number of hydrogen-bond acceptors (Lipinski definition) is 4. The van der Waals surface area contributed by atoms with E-state index in [0.717, 1.165) is 18.8 Å². The number of nitrogens with zero attached hydrogens (tertiary/aromatic N) is 1. The van der Waals surface area contributed by atoms with E-state index in [2.05, 4.69) is 17.6 Å². The van der Waals surface area contributed by atoms with Crippen LogP contribution in [0.3, 0.4) is 0 Å². The van der Waals surface area contributed by atoms with E-state index in [9.17, 15) is 10.1 Å². The zero-order chi connectivity index (χ0) is 12.0. The van der Waals surface area contributed by atoms with E-state index in [-0.39, 0.29) is 5.69 Å². The summed E-state index contributed by atoms with van der Waals surface area (Å²) in [6, 6.07) is 6.46. The highest BCUT2D eigenvalue weighted by molar-refractivity contribution is 5.48. The van der Waals surface area contributed by atoms with Crippen molar-refractivity contribution in [1.82, 2.24) is 5.32 Å². The van der Waals surface area contributed by atoms with E-state index in [1.165, 1.54) is 12.1 Å². The van der Waals surface area contributed by atoms with Gasteiger partial charge in [0.05, 0.1) is 4.92 Å². The maximum Gasteiger partial charge on any atom is 0.269 e. The zero-order valence-electron chi connectivity index (χ0n) is 9.56. The lowest BCUT2D eigenvalue weighted by molar-refractivity contribution is -0.384. The molecule has 0 aromatic heterocycles. The summed E-state index contributed by atoms with van der Waals surface area (Å²) in [5.41, 5.74) is 1.03. The van der Waals surface area contributed by atoms with Crippen molar-refractivity contribution in [2.45, 2.75) is 6.92 Å². The first-order valence-corrected chi connectivity index (χ1v) is 5.26. The van der Waals surface area contributed by atoms with Gasteiger partial charge in [0.15, 0.2) is 0 Å². The molecule has 0 fully saturated rings. The largest absolute Gasteiger partial charge is 0.385 e. The molecule has 1 aromatic carbocycles. The quantitative estimate of drug-likeness (QED) is 0.570. The Morgan fingerprint density at radius 1 is 1.31 bits per heavy atom. The van der Waals surface area contributed by atoms with Gasteiger partial charge < -0.3 is 10.6 Å². The van der Waals surface area contributed by atoms with Crippen LogP contribution in [0.1, 0.15) is 6.92 Å². The molecule has 16 heavy (non-hydrogen) atoms. The van der Waals surface area contributed by atoms with Gasteiger partial charge in [-0.05, 0) is 31.6 Å². The fourth-order valence-corrected chi connectivity index (χ4v) is 1.41. The Bertz CT molecular complexity index is 338. The van der Waals surface area contributed by atoms with E-state index in [1.54, 1.807) is 12.1 Å². The van der Waals surface area contributed by atoms with Crippen molar-refractivity contribution in [2.24, 2.45) is 5.92 Å². The van der Waals surface area contributed by atoms with Crippen LogP contribution in [0.15, 0.2) is 24.3 Å². The summed E-state index contributed by atoms with van der Waals surface area (Å²) in [5, 5.41) is 16.8. The van der Waals surface area contributed by atoms with Crippen LogP contribution in [-0.2, 0) is 0 Å². The SMILES string of the molecule is CNCC(C)CNc1ccc([N+](=O)[O-])cc1. The molecule has 1 unspecified atom stereocenters. The molecule has 0 radical (unpaired) electrons. The maximum atomic E-state index is 10.4. The Balaban J connectivity index is 2.46. The summed E-state index contributed by atoms with van der Waals surface area (Å²) in [5.74, 6) is 0.514. The first-order valence-electron chi connectivity index (χ1n) is 5.26. The van der Waals surface area contributed by atoms with Gasteiger partial charge in [-0.2, -0.15) is 0 Å². The van der Waals surface area contributed by atoms with Crippen LogP contribution in [0.4, 0.5) is 11.4 Å². The number of anilines is 1. The van der Waals surface area contributed by atoms with Crippen molar-refractivity contribution in [3.63, 3.8) is 0 Å². The molecular formula is C11H17N3O2. The summed E-state index contributed by atoms with van der Waals surface area (Å²) < 4.78 is 0. The smallest absolute Gasteiger partial charge is 0.269 e. The number of non-ortho nitro benzene ring substituents is 1. The molecule has 0 aliphatic carbocycles. The molecule has 0 bridgehead atoms. The Hall–Kier alpha value is -1.62. The summed E-state index contributed by atoms with van der Waals surface area (Å²) in [4.78, 5) is 10.0. The Morgan fingerprint density at radius 2 is 1.94 bits per heavy atom. The van der Waals surface area contributed by atoms with Crippen LogP contribution in [0.2, 0.25) is 0 Å². The second-order valence-electron chi connectivity index (χ2n) is 3.85. The molecule has 0 amide bonds. The van der Waals surface area contributed by atoms with Crippen molar-refractivity contribution < 1.29 is 4.92 Å². The second kappa shape index (κ2) is 6.07. The van der Waals surface area contributed by atoms with Gasteiger partial charge in [-0.25, -0.2) is 0 Å². The highest BCUT2D eigenvalue weighted by Crippen LogP contribution is 2.15. The first kappa shape index (κ1) is 12.4. The van der Waals surface area contributed by atoms with Crippen LogP contribution < -0.4 is 10.6 Å². The van der Waals surface area contributed by atoms with Crippen LogP contribution in [0, 0.1) is 16.0 Å². The molecule has 0 spiro atoms. The molecule has 5 nitrogen and oxygen atoms in total. The summed E-state index contributed by atoms with van der Waals surface area (Å²) >= 11 is 0. The van der Waals surface area contributed by atoms with E-state index in [4.69, 9.17) is 0 Å². The molecule has 0 saturated heterocycles. The number of nitro benzene ring substituents is 1. The highest BCUT2D eigenvalue weighted by atomic mass is 16.6. The van der Waals surface area contributed by atoms with Gasteiger partial charge in [0, 0.05) is 24.4 Å². The topological polar surface area (TPSA) is 67.2 Å². The fraction of sp³-hybridized carbons (Fsp3) is 0.455. The van der Waals surface area contributed by atoms with Crippen LogP contribution in [-0.4, -0.2) is 25.1 Å². The van der Waals surface area contributed by atoms with Crippen molar-refractivity contribution in [3.8, 4) is 0 Å². The second-order valence-corrected chi connectivity index (χ2v) is 3.85. The van der Waals surface area contributed by atoms with Crippen LogP contribution >= 0.6 is 0 Å². The molecule has 2 N–H and O–H groups in total. The minimum absolute atomic E-state index is 0.119. The Morgan fingerprint density at radius 3 is 2.44 bits per heavy atom. The van der Waals surface area contributed by atoms with Gasteiger partial charge in [0.25, 0.3) is 5.69 Å². The van der Waals surface area contributed by atoms with Crippen molar-refractivity contribution in [2.75, 3.05) is 25.5 Å². The lowest BCUT2D eigenvalue weighted by Gasteiger charge is -2.12. The van der Waals surface area contributed by atoms with Gasteiger partial charge in [-0.3, -0.25) is 10.1 Å². The molecule has 1 aromatic rings. The average molecular weight is 223 g/mol. The molecule has 1 atom stereocenters.